The summed E-state index contributed by atoms with van der Waals surface area (Å²) in [6, 6.07) is 6.25. The van der Waals surface area contributed by atoms with Crippen LogP contribution in [0.5, 0.6) is 0 Å². The highest BCUT2D eigenvalue weighted by Crippen LogP contribution is 2.27. The predicted octanol–water partition coefficient (Wildman–Crippen LogP) is 2.15. The summed E-state index contributed by atoms with van der Waals surface area (Å²) < 4.78 is 33.6. The van der Waals surface area contributed by atoms with E-state index in [0.717, 1.165) is 32.5 Å². The molecule has 0 spiro atoms. The molecule has 2 saturated heterocycles. The van der Waals surface area contributed by atoms with Crippen molar-refractivity contribution in [2.75, 3.05) is 26.2 Å². The molecule has 0 amide bonds. The zero-order valence-corrected chi connectivity index (χ0v) is 16.5. The van der Waals surface area contributed by atoms with E-state index in [1.54, 1.807) is 28.6 Å². The van der Waals surface area contributed by atoms with Crippen LogP contribution in [0.1, 0.15) is 44.0 Å². The molecular weight excluding hydrogens is 352 g/mol. The summed E-state index contributed by atoms with van der Waals surface area (Å²) in [4.78, 5) is 14.0. The fourth-order valence-corrected chi connectivity index (χ4v) is 5.72. The van der Waals surface area contributed by atoms with Gasteiger partial charge in [0.1, 0.15) is 0 Å². The highest BCUT2D eigenvalue weighted by Gasteiger charge is 2.37. The Morgan fingerprint density at radius 1 is 1.15 bits per heavy atom. The average Bonchev–Trinajstić information content (AvgIpc) is 3.03. The number of carbonyl (C=O) groups is 1. The molecule has 2 aliphatic heterocycles. The largest absolute Gasteiger partial charge is 0.373 e. The van der Waals surface area contributed by atoms with Gasteiger partial charge >= 0.3 is 0 Å². The standard InChI is InChI=1S/C19H28N2O4S/c1-14-11-20(12-15(2)25-14)13-18-5-4-10-21(18)26(23,24)19-8-6-17(7-9-19)16(3)22/h6-9,14-15,18H,4-5,10-13H2,1-3H3. The fraction of sp³-hybridized carbons (Fsp3) is 0.632. The van der Waals surface area contributed by atoms with Crippen LogP contribution in [0.15, 0.2) is 29.2 Å². The van der Waals surface area contributed by atoms with Crippen LogP contribution in [0.25, 0.3) is 0 Å². The van der Waals surface area contributed by atoms with Crippen LogP contribution in [-0.4, -0.2) is 67.8 Å². The fourth-order valence-electron chi connectivity index (χ4n) is 4.04. The number of hydrogen-bond donors (Lipinski definition) is 0. The quantitative estimate of drug-likeness (QED) is 0.732. The number of carbonyl (C=O) groups excluding carboxylic acids is 1. The lowest BCUT2D eigenvalue weighted by molar-refractivity contribution is -0.0707. The maximum absolute atomic E-state index is 13.1. The molecule has 1 aromatic carbocycles. The number of Topliss-reactive ketones (excluding diaryl/α,β-unsaturated/α-hetero) is 1. The van der Waals surface area contributed by atoms with Gasteiger partial charge in [0.05, 0.1) is 17.1 Å². The van der Waals surface area contributed by atoms with Gasteiger partial charge in [-0.05, 0) is 45.7 Å². The Morgan fingerprint density at radius 3 is 2.35 bits per heavy atom. The topological polar surface area (TPSA) is 66.9 Å². The summed E-state index contributed by atoms with van der Waals surface area (Å²) in [5.41, 5.74) is 0.526. The van der Waals surface area contributed by atoms with Gasteiger partial charge in [0.2, 0.25) is 10.0 Å². The summed E-state index contributed by atoms with van der Waals surface area (Å²) in [6.45, 7) is 8.55. The number of ether oxygens (including phenoxy) is 1. The molecule has 3 rings (SSSR count). The normalized spacial score (nSPS) is 28.3. The van der Waals surface area contributed by atoms with Crippen molar-refractivity contribution in [2.45, 2.75) is 56.8 Å². The van der Waals surface area contributed by atoms with E-state index < -0.39 is 10.0 Å². The number of hydrogen-bond acceptors (Lipinski definition) is 5. The van der Waals surface area contributed by atoms with Gasteiger partial charge in [-0.2, -0.15) is 4.31 Å². The lowest BCUT2D eigenvalue weighted by atomic mass is 10.1. The minimum Gasteiger partial charge on any atom is -0.373 e. The Balaban J connectivity index is 1.74. The number of nitrogens with zero attached hydrogens (tertiary/aromatic N) is 2. The SMILES string of the molecule is CC(=O)c1ccc(S(=O)(=O)N2CCCC2CN2CC(C)OC(C)C2)cc1. The Morgan fingerprint density at radius 2 is 1.77 bits per heavy atom. The molecule has 3 unspecified atom stereocenters. The summed E-state index contributed by atoms with van der Waals surface area (Å²) in [6.07, 6.45) is 2.10. The predicted molar refractivity (Wildman–Crippen MR) is 99.8 cm³/mol. The van der Waals surface area contributed by atoms with Gasteiger partial charge in [-0.3, -0.25) is 9.69 Å². The number of ketones is 1. The Hall–Kier alpha value is -1.28. The second-order valence-electron chi connectivity index (χ2n) is 7.47. The molecule has 2 heterocycles. The van der Waals surface area contributed by atoms with Crippen molar-refractivity contribution in [1.29, 1.82) is 0 Å². The molecule has 0 aliphatic carbocycles. The van der Waals surface area contributed by atoms with Crippen LogP contribution < -0.4 is 0 Å². The van der Waals surface area contributed by atoms with Crippen molar-refractivity contribution < 1.29 is 17.9 Å². The summed E-state index contributed by atoms with van der Waals surface area (Å²) in [5, 5.41) is 0. The third kappa shape index (κ3) is 4.17. The van der Waals surface area contributed by atoms with Crippen molar-refractivity contribution in [3.8, 4) is 0 Å². The number of rotatable bonds is 5. The Bertz CT molecular complexity index is 737. The monoisotopic (exact) mass is 380 g/mol. The van der Waals surface area contributed by atoms with Crippen molar-refractivity contribution in [3.05, 3.63) is 29.8 Å². The van der Waals surface area contributed by atoms with E-state index in [1.165, 1.54) is 6.92 Å². The van der Waals surface area contributed by atoms with Gasteiger partial charge in [-0.15, -0.1) is 0 Å². The van der Waals surface area contributed by atoms with Gasteiger partial charge in [0.15, 0.2) is 5.78 Å². The van der Waals surface area contributed by atoms with Crippen LogP contribution in [0.3, 0.4) is 0 Å². The lowest BCUT2D eigenvalue weighted by Crippen LogP contribution is -2.50. The van der Waals surface area contributed by atoms with E-state index in [2.05, 4.69) is 18.7 Å². The van der Waals surface area contributed by atoms with E-state index in [1.807, 2.05) is 0 Å². The van der Waals surface area contributed by atoms with E-state index in [4.69, 9.17) is 4.74 Å². The van der Waals surface area contributed by atoms with Crippen molar-refractivity contribution >= 4 is 15.8 Å². The molecule has 0 saturated carbocycles. The van der Waals surface area contributed by atoms with Crippen LogP contribution in [-0.2, 0) is 14.8 Å². The van der Waals surface area contributed by atoms with E-state index in [9.17, 15) is 13.2 Å². The van der Waals surface area contributed by atoms with Crippen molar-refractivity contribution in [1.82, 2.24) is 9.21 Å². The number of benzene rings is 1. The third-order valence-electron chi connectivity index (χ3n) is 5.15. The highest BCUT2D eigenvalue weighted by molar-refractivity contribution is 7.89. The molecule has 0 aromatic heterocycles. The zero-order chi connectivity index (χ0) is 18.9. The molecule has 3 atom stereocenters. The van der Waals surface area contributed by atoms with Crippen LogP contribution in [0.2, 0.25) is 0 Å². The second kappa shape index (κ2) is 7.76. The average molecular weight is 381 g/mol. The minimum absolute atomic E-state index is 0.00927. The first-order valence-electron chi connectivity index (χ1n) is 9.28. The smallest absolute Gasteiger partial charge is 0.243 e. The van der Waals surface area contributed by atoms with Crippen molar-refractivity contribution in [2.24, 2.45) is 0 Å². The lowest BCUT2D eigenvalue weighted by Gasteiger charge is -2.38. The Kier molecular flexibility index (Phi) is 5.81. The molecule has 0 N–H and O–H groups in total. The van der Waals surface area contributed by atoms with Crippen molar-refractivity contribution in [3.63, 3.8) is 0 Å². The van der Waals surface area contributed by atoms with Gasteiger partial charge in [-0.1, -0.05) is 12.1 Å². The molecule has 2 fully saturated rings. The zero-order valence-electron chi connectivity index (χ0n) is 15.7. The number of sulfonamides is 1. The van der Waals surface area contributed by atoms with Gasteiger partial charge in [0, 0.05) is 37.8 Å². The van der Waals surface area contributed by atoms with Gasteiger partial charge in [-0.25, -0.2) is 8.42 Å². The molecular formula is C19H28N2O4S. The first-order valence-corrected chi connectivity index (χ1v) is 10.7. The molecule has 144 valence electrons. The summed E-state index contributed by atoms with van der Waals surface area (Å²) in [5.74, 6) is -0.0662. The van der Waals surface area contributed by atoms with Gasteiger partial charge in [0.25, 0.3) is 0 Å². The first-order chi connectivity index (χ1) is 12.3. The molecule has 0 bridgehead atoms. The van der Waals surface area contributed by atoms with E-state index >= 15 is 0 Å². The summed E-state index contributed by atoms with van der Waals surface area (Å²) >= 11 is 0. The second-order valence-corrected chi connectivity index (χ2v) is 9.36. The highest BCUT2D eigenvalue weighted by atomic mass is 32.2. The van der Waals surface area contributed by atoms with E-state index in [0.29, 0.717) is 12.1 Å². The maximum Gasteiger partial charge on any atom is 0.243 e. The van der Waals surface area contributed by atoms with Crippen LogP contribution in [0, 0.1) is 0 Å². The molecule has 26 heavy (non-hydrogen) atoms. The maximum atomic E-state index is 13.1. The summed E-state index contributed by atoms with van der Waals surface area (Å²) in [7, 11) is -3.54. The minimum atomic E-state index is -3.54. The molecule has 2 aliphatic rings. The molecule has 0 radical (unpaired) electrons. The molecule has 7 heteroatoms. The molecule has 6 nitrogen and oxygen atoms in total. The first kappa shape index (κ1) is 19.5. The van der Waals surface area contributed by atoms with Gasteiger partial charge < -0.3 is 4.74 Å². The Labute approximate surface area is 156 Å². The van der Waals surface area contributed by atoms with E-state index in [-0.39, 0.29) is 28.9 Å². The molecule has 1 aromatic rings. The van der Waals surface area contributed by atoms with Crippen LogP contribution >= 0.6 is 0 Å². The third-order valence-corrected chi connectivity index (χ3v) is 7.12. The number of morpholine rings is 1. The van der Waals surface area contributed by atoms with Crippen LogP contribution in [0.4, 0.5) is 0 Å².